The van der Waals surface area contributed by atoms with Crippen molar-refractivity contribution < 1.29 is 18.7 Å². The Morgan fingerprint density at radius 3 is 2.71 bits per heavy atom. The largest absolute Gasteiger partial charge is 0.491 e. The molecule has 0 bridgehead atoms. The Morgan fingerprint density at radius 1 is 1.29 bits per heavy atom. The van der Waals surface area contributed by atoms with Crippen LogP contribution in [-0.2, 0) is 11.3 Å². The number of rotatable bonds is 7. The number of carbonyl (C=O) groups excluding carboxylic acids is 1. The molecule has 0 saturated carbocycles. The Morgan fingerprint density at radius 2 is 2.06 bits per heavy atom. The summed E-state index contributed by atoms with van der Waals surface area (Å²) in [4.78, 5) is 11.9. The van der Waals surface area contributed by atoms with Gasteiger partial charge in [-0.05, 0) is 51.1 Å². The van der Waals surface area contributed by atoms with E-state index in [-0.39, 0.29) is 24.2 Å². The number of ether oxygens (including phenoxy) is 2. The molecule has 0 aliphatic carbocycles. The summed E-state index contributed by atoms with van der Waals surface area (Å²) < 4.78 is 27.5. The number of benzene rings is 2. The second-order valence-electron chi connectivity index (χ2n) is 7.07. The molecule has 8 heteroatoms. The molecule has 1 aromatic heterocycles. The summed E-state index contributed by atoms with van der Waals surface area (Å²) in [5, 5.41) is 13.1. The van der Waals surface area contributed by atoms with E-state index in [4.69, 9.17) is 21.1 Å². The normalized spacial score (nSPS) is 10.9. The maximum atomic E-state index is 14.9. The number of carbonyl (C=O) groups is 1. The molecule has 1 amide bonds. The maximum absolute atomic E-state index is 14.9. The molecule has 162 valence electrons. The highest BCUT2D eigenvalue weighted by Gasteiger charge is 2.22. The summed E-state index contributed by atoms with van der Waals surface area (Å²) in [5.41, 5.74) is 2.12. The first kappa shape index (κ1) is 22.4. The van der Waals surface area contributed by atoms with E-state index in [1.54, 1.807) is 6.07 Å². The standard InChI is InChI=1S/C23H23ClFN3O3/c1-4-28-21-12-16(31-14(2)3)6-7-17(21)19(13-26)22(28)18-11-15(5-8-20(18)25)27-23(29)30-10-9-24/h5-8,11-12,14H,4,9-10H2,1-3H3,(H,27,29). The van der Waals surface area contributed by atoms with Crippen LogP contribution in [0.3, 0.4) is 0 Å². The van der Waals surface area contributed by atoms with Gasteiger partial charge in [-0.25, -0.2) is 9.18 Å². The summed E-state index contributed by atoms with van der Waals surface area (Å²) in [5.74, 6) is 0.336. The van der Waals surface area contributed by atoms with Gasteiger partial charge in [0.05, 0.1) is 28.8 Å². The first-order chi connectivity index (χ1) is 14.9. The van der Waals surface area contributed by atoms with Crippen LogP contribution in [0.25, 0.3) is 22.2 Å². The molecular formula is C23H23ClFN3O3. The molecule has 0 aliphatic heterocycles. The van der Waals surface area contributed by atoms with Crippen LogP contribution in [0.15, 0.2) is 36.4 Å². The van der Waals surface area contributed by atoms with Gasteiger partial charge in [0.1, 0.15) is 24.2 Å². The van der Waals surface area contributed by atoms with E-state index in [2.05, 4.69) is 11.4 Å². The number of anilines is 1. The number of hydrogen-bond acceptors (Lipinski definition) is 4. The summed E-state index contributed by atoms with van der Waals surface area (Å²) >= 11 is 5.52. The van der Waals surface area contributed by atoms with E-state index in [0.29, 0.717) is 34.6 Å². The number of nitrogens with one attached hydrogen (secondary N) is 1. The van der Waals surface area contributed by atoms with Gasteiger partial charge in [-0.3, -0.25) is 5.32 Å². The fourth-order valence-electron chi connectivity index (χ4n) is 3.47. The lowest BCUT2D eigenvalue weighted by Crippen LogP contribution is -2.15. The third kappa shape index (κ3) is 4.75. The molecule has 31 heavy (non-hydrogen) atoms. The van der Waals surface area contributed by atoms with E-state index < -0.39 is 11.9 Å². The van der Waals surface area contributed by atoms with Crippen molar-refractivity contribution in [2.45, 2.75) is 33.4 Å². The van der Waals surface area contributed by atoms with Crippen LogP contribution in [0.5, 0.6) is 5.75 Å². The number of alkyl halides is 1. The molecule has 0 spiro atoms. The van der Waals surface area contributed by atoms with E-state index >= 15 is 0 Å². The van der Waals surface area contributed by atoms with Gasteiger partial charge in [0.2, 0.25) is 0 Å². The van der Waals surface area contributed by atoms with E-state index in [9.17, 15) is 14.4 Å². The lowest BCUT2D eigenvalue weighted by molar-refractivity contribution is 0.168. The van der Waals surface area contributed by atoms with Crippen molar-refractivity contribution in [3.8, 4) is 23.1 Å². The topological polar surface area (TPSA) is 76.3 Å². The van der Waals surface area contributed by atoms with Gasteiger partial charge in [-0.1, -0.05) is 0 Å². The van der Waals surface area contributed by atoms with Crippen LogP contribution in [0, 0.1) is 17.1 Å². The van der Waals surface area contributed by atoms with Crippen molar-refractivity contribution in [2.75, 3.05) is 17.8 Å². The second kappa shape index (κ2) is 9.71. The van der Waals surface area contributed by atoms with Crippen molar-refractivity contribution in [1.29, 1.82) is 5.26 Å². The first-order valence-corrected chi connectivity index (χ1v) is 10.5. The molecule has 0 aliphatic rings. The molecule has 0 unspecified atom stereocenters. The lowest BCUT2D eigenvalue weighted by Gasteiger charge is -2.13. The highest BCUT2D eigenvalue weighted by Crippen LogP contribution is 2.37. The zero-order valence-electron chi connectivity index (χ0n) is 17.5. The number of aromatic nitrogens is 1. The summed E-state index contributed by atoms with van der Waals surface area (Å²) in [6, 6.07) is 11.8. The van der Waals surface area contributed by atoms with Crippen molar-refractivity contribution in [3.05, 3.63) is 47.8 Å². The van der Waals surface area contributed by atoms with Crippen LogP contribution in [-0.4, -0.2) is 29.3 Å². The van der Waals surface area contributed by atoms with Crippen molar-refractivity contribution in [2.24, 2.45) is 0 Å². The Bertz CT molecular complexity index is 1150. The SMILES string of the molecule is CCn1c(-c2cc(NC(=O)OCCCl)ccc2F)c(C#N)c2ccc(OC(C)C)cc21. The molecule has 0 radical (unpaired) electrons. The van der Waals surface area contributed by atoms with Gasteiger partial charge in [0, 0.05) is 29.2 Å². The minimum atomic E-state index is -0.690. The summed E-state index contributed by atoms with van der Waals surface area (Å²) in [6.45, 7) is 6.35. The molecule has 0 fully saturated rings. The molecule has 2 aromatic carbocycles. The van der Waals surface area contributed by atoms with Gasteiger partial charge in [-0.2, -0.15) is 5.26 Å². The van der Waals surface area contributed by atoms with Crippen molar-refractivity contribution in [3.63, 3.8) is 0 Å². The number of nitriles is 1. The Labute approximate surface area is 185 Å². The number of amides is 1. The zero-order chi connectivity index (χ0) is 22.5. The molecule has 0 saturated heterocycles. The fraction of sp³-hybridized carbons (Fsp3) is 0.304. The molecule has 3 rings (SSSR count). The third-order valence-electron chi connectivity index (χ3n) is 4.61. The Balaban J connectivity index is 2.14. The molecular weight excluding hydrogens is 421 g/mol. The molecule has 0 atom stereocenters. The number of halogens is 2. The Hall–Kier alpha value is -3.24. The fourth-order valence-corrected chi connectivity index (χ4v) is 3.54. The second-order valence-corrected chi connectivity index (χ2v) is 7.45. The predicted molar refractivity (Wildman–Crippen MR) is 119 cm³/mol. The number of fused-ring (bicyclic) bond motifs is 1. The van der Waals surface area contributed by atoms with Crippen molar-refractivity contribution >= 4 is 34.3 Å². The summed E-state index contributed by atoms with van der Waals surface area (Å²) in [7, 11) is 0. The highest BCUT2D eigenvalue weighted by atomic mass is 35.5. The minimum absolute atomic E-state index is 0.00356. The van der Waals surface area contributed by atoms with Gasteiger partial charge in [0.25, 0.3) is 0 Å². The molecule has 1 N–H and O–H groups in total. The smallest absolute Gasteiger partial charge is 0.411 e. The van der Waals surface area contributed by atoms with E-state index in [1.165, 1.54) is 18.2 Å². The zero-order valence-corrected chi connectivity index (χ0v) is 18.3. The third-order valence-corrected chi connectivity index (χ3v) is 4.77. The van der Waals surface area contributed by atoms with Crippen LogP contribution < -0.4 is 10.1 Å². The molecule has 1 heterocycles. The first-order valence-electron chi connectivity index (χ1n) is 9.92. The monoisotopic (exact) mass is 443 g/mol. The highest BCUT2D eigenvalue weighted by molar-refractivity contribution is 6.18. The van der Waals surface area contributed by atoms with Crippen LogP contribution in [0.2, 0.25) is 0 Å². The van der Waals surface area contributed by atoms with Gasteiger partial charge in [0.15, 0.2) is 0 Å². The van der Waals surface area contributed by atoms with Gasteiger partial charge >= 0.3 is 6.09 Å². The van der Waals surface area contributed by atoms with Gasteiger partial charge < -0.3 is 14.0 Å². The van der Waals surface area contributed by atoms with Crippen LogP contribution in [0.4, 0.5) is 14.9 Å². The van der Waals surface area contributed by atoms with Crippen LogP contribution >= 0.6 is 11.6 Å². The molecule has 6 nitrogen and oxygen atoms in total. The number of aryl methyl sites for hydroxylation is 1. The van der Waals surface area contributed by atoms with E-state index in [0.717, 1.165) is 5.52 Å². The molecule has 3 aromatic rings. The Kier molecular flexibility index (Phi) is 7.03. The van der Waals surface area contributed by atoms with Crippen LogP contribution in [0.1, 0.15) is 26.3 Å². The summed E-state index contributed by atoms with van der Waals surface area (Å²) in [6.07, 6.45) is -0.693. The average Bonchev–Trinajstić information content (AvgIpc) is 3.05. The minimum Gasteiger partial charge on any atom is -0.491 e. The lowest BCUT2D eigenvalue weighted by atomic mass is 10.0. The number of nitrogens with zero attached hydrogens (tertiary/aromatic N) is 2. The predicted octanol–water partition coefficient (Wildman–Crippen LogP) is 5.91. The van der Waals surface area contributed by atoms with Crippen molar-refractivity contribution in [1.82, 2.24) is 4.57 Å². The van der Waals surface area contributed by atoms with Gasteiger partial charge in [-0.15, -0.1) is 11.6 Å². The average molecular weight is 444 g/mol. The number of hydrogen-bond donors (Lipinski definition) is 1. The maximum Gasteiger partial charge on any atom is 0.411 e. The quantitative estimate of drug-likeness (QED) is 0.460. The van der Waals surface area contributed by atoms with E-state index in [1.807, 2.05) is 37.5 Å².